The summed E-state index contributed by atoms with van der Waals surface area (Å²) in [4.78, 5) is 24.5. The fourth-order valence-electron chi connectivity index (χ4n) is 3.14. The van der Waals surface area contributed by atoms with E-state index in [0.29, 0.717) is 11.1 Å². The molecule has 2 N–H and O–H groups in total. The van der Waals surface area contributed by atoms with Crippen molar-refractivity contribution in [3.8, 4) is 17.6 Å². The van der Waals surface area contributed by atoms with E-state index >= 15 is 0 Å². The number of nitrogens with one attached hydrogen (secondary N) is 1. The quantitative estimate of drug-likeness (QED) is 0.632. The van der Waals surface area contributed by atoms with Gasteiger partial charge in [0.2, 0.25) is 0 Å². The fourth-order valence-corrected chi connectivity index (χ4v) is 3.14. The topological polar surface area (TPSA) is 75.6 Å². The number of carboxylic acids is 1. The van der Waals surface area contributed by atoms with E-state index < -0.39 is 17.9 Å². The van der Waals surface area contributed by atoms with E-state index in [0.717, 1.165) is 22.1 Å². The lowest BCUT2D eigenvalue weighted by molar-refractivity contribution is -0.140. The first-order valence-corrected chi connectivity index (χ1v) is 9.62. The van der Waals surface area contributed by atoms with Crippen LogP contribution in [-0.2, 0) is 4.79 Å². The van der Waals surface area contributed by atoms with E-state index in [9.17, 15) is 14.7 Å². The summed E-state index contributed by atoms with van der Waals surface area (Å²) in [6, 6.07) is 17.5. The highest BCUT2D eigenvalue weighted by Gasteiger charge is 2.25. The zero-order chi connectivity index (χ0) is 21.7. The number of hydrogen-bond donors (Lipinski definition) is 2. The molecular weight excluding hydrogens is 378 g/mol. The van der Waals surface area contributed by atoms with Crippen molar-refractivity contribution in [2.45, 2.75) is 19.9 Å². The average molecular weight is 401 g/mol. The molecule has 30 heavy (non-hydrogen) atoms. The first-order chi connectivity index (χ1) is 14.4. The maximum atomic E-state index is 13.0. The van der Waals surface area contributed by atoms with Crippen LogP contribution in [0.25, 0.3) is 10.8 Å². The first-order valence-electron chi connectivity index (χ1n) is 9.62. The molecule has 5 nitrogen and oxygen atoms in total. The summed E-state index contributed by atoms with van der Waals surface area (Å²) in [7, 11) is 1.60. The number of carboxylic acid groups (broad SMARTS) is 1. The largest absolute Gasteiger partial charge is 0.497 e. The first kappa shape index (κ1) is 20.9. The lowest BCUT2D eigenvalue weighted by Gasteiger charge is -2.18. The van der Waals surface area contributed by atoms with Gasteiger partial charge in [0.15, 0.2) is 0 Å². The van der Waals surface area contributed by atoms with Crippen molar-refractivity contribution >= 4 is 22.6 Å². The Hall–Kier alpha value is -3.78. The van der Waals surface area contributed by atoms with Crippen molar-refractivity contribution in [1.82, 2.24) is 5.32 Å². The minimum atomic E-state index is -1.06. The molecule has 152 valence electrons. The van der Waals surface area contributed by atoms with Gasteiger partial charge in [0.1, 0.15) is 11.8 Å². The number of carbonyl (C=O) groups is 2. The summed E-state index contributed by atoms with van der Waals surface area (Å²) in [5, 5.41) is 13.8. The third-order valence-electron chi connectivity index (χ3n) is 4.81. The zero-order valence-corrected chi connectivity index (χ0v) is 17.1. The van der Waals surface area contributed by atoms with Gasteiger partial charge in [-0.3, -0.25) is 4.79 Å². The number of fused-ring (bicyclic) bond motifs is 1. The van der Waals surface area contributed by atoms with Crippen LogP contribution in [0.4, 0.5) is 0 Å². The van der Waals surface area contributed by atoms with Gasteiger partial charge < -0.3 is 15.2 Å². The van der Waals surface area contributed by atoms with Crippen LogP contribution in [0.1, 0.15) is 35.3 Å². The molecule has 1 atom stereocenters. The number of benzene rings is 3. The minimum absolute atomic E-state index is 0.249. The molecule has 0 bridgehead atoms. The molecule has 1 unspecified atom stereocenters. The standard InChI is InChI=1S/C25H23NO4/c1-16(2)23(25(28)29)26-24(27)22-15-11-18-6-4-5-7-20(18)21(22)14-10-17-8-12-19(30-3)13-9-17/h4-9,11-13,15-16,23H,1-3H3,(H,26,27)(H,28,29). The summed E-state index contributed by atoms with van der Waals surface area (Å²) in [6.07, 6.45) is 0. The second-order valence-corrected chi connectivity index (χ2v) is 7.22. The Kier molecular flexibility index (Phi) is 6.38. The number of amides is 1. The van der Waals surface area contributed by atoms with Crippen LogP contribution in [0.3, 0.4) is 0 Å². The summed E-state index contributed by atoms with van der Waals surface area (Å²) in [5.74, 6) is 5.18. The lowest BCUT2D eigenvalue weighted by Crippen LogP contribution is -2.44. The Morgan fingerprint density at radius 1 is 0.967 bits per heavy atom. The van der Waals surface area contributed by atoms with Crippen LogP contribution < -0.4 is 10.1 Å². The molecular formula is C25H23NO4. The predicted molar refractivity (Wildman–Crippen MR) is 117 cm³/mol. The summed E-state index contributed by atoms with van der Waals surface area (Å²) >= 11 is 0. The van der Waals surface area contributed by atoms with Gasteiger partial charge in [-0.2, -0.15) is 0 Å². The summed E-state index contributed by atoms with van der Waals surface area (Å²) in [5.41, 5.74) is 1.69. The van der Waals surface area contributed by atoms with E-state index in [1.807, 2.05) is 54.6 Å². The third kappa shape index (κ3) is 4.61. The second-order valence-electron chi connectivity index (χ2n) is 7.22. The van der Waals surface area contributed by atoms with E-state index in [4.69, 9.17) is 4.74 Å². The van der Waals surface area contributed by atoms with E-state index in [1.54, 1.807) is 27.0 Å². The van der Waals surface area contributed by atoms with Crippen molar-refractivity contribution in [2.75, 3.05) is 7.11 Å². The molecule has 0 fully saturated rings. The molecule has 0 radical (unpaired) electrons. The Balaban J connectivity index is 2.06. The fraction of sp³-hybridized carbons (Fsp3) is 0.200. The van der Waals surface area contributed by atoms with Crippen LogP contribution in [0, 0.1) is 17.8 Å². The molecule has 0 aliphatic rings. The van der Waals surface area contributed by atoms with Crippen LogP contribution in [0.15, 0.2) is 60.7 Å². The Morgan fingerprint density at radius 3 is 2.30 bits per heavy atom. The van der Waals surface area contributed by atoms with Gasteiger partial charge in [0, 0.05) is 11.1 Å². The SMILES string of the molecule is COc1ccc(C#Cc2c(C(=O)NC(C(=O)O)C(C)C)ccc3ccccc23)cc1. The predicted octanol–water partition coefficient (Wildman–Crippen LogP) is 4.09. The molecule has 0 spiro atoms. The minimum Gasteiger partial charge on any atom is -0.497 e. The van der Waals surface area contributed by atoms with Crippen LogP contribution in [0.2, 0.25) is 0 Å². The molecule has 0 saturated heterocycles. The van der Waals surface area contributed by atoms with Crippen LogP contribution in [0.5, 0.6) is 5.75 Å². The van der Waals surface area contributed by atoms with Gasteiger partial charge in [-0.1, -0.05) is 56.0 Å². The highest BCUT2D eigenvalue weighted by atomic mass is 16.5. The third-order valence-corrected chi connectivity index (χ3v) is 4.81. The maximum Gasteiger partial charge on any atom is 0.326 e. The highest BCUT2D eigenvalue weighted by molar-refractivity contribution is 6.04. The van der Waals surface area contributed by atoms with Crippen molar-refractivity contribution < 1.29 is 19.4 Å². The summed E-state index contributed by atoms with van der Waals surface area (Å²) in [6.45, 7) is 3.51. The maximum absolute atomic E-state index is 13.0. The lowest BCUT2D eigenvalue weighted by atomic mass is 9.97. The Morgan fingerprint density at radius 2 is 1.67 bits per heavy atom. The number of rotatable bonds is 5. The van der Waals surface area contributed by atoms with Gasteiger partial charge >= 0.3 is 5.97 Å². The highest BCUT2D eigenvalue weighted by Crippen LogP contribution is 2.23. The summed E-state index contributed by atoms with van der Waals surface area (Å²) < 4.78 is 5.17. The number of ether oxygens (including phenoxy) is 1. The van der Waals surface area contributed by atoms with Crippen molar-refractivity contribution in [3.05, 3.63) is 77.4 Å². The molecule has 0 heterocycles. The van der Waals surface area contributed by atoms with E-state index in [1.165, 1.54) is 0 Å². The van der Waals surface area contributed by atoms with Gasteiger partial charge in [0.05, 0.1) is 12.7 Å². The van der Waals surface area contributed by atoms with Crippen molar-refractivity contribution in [2.24, 2.45) is 5.92 Å². The molecule has 5 heteroatoms. The second kappa shape index (κ2) is 9.15. The zero-order valence-electron chi connectivity index (χ0n) is 17.1. The number of hydrogen-bond acceptors (Lipinski definition) is 3. The van der Waals surface area contributed by atoms with E-state index in [-0.39, 0.29) is 5.92 Å². The number of carbonyl (C=O) groups excluding carboxylic acids is 1. The van der Waals surface area contributed by atoms with E-state index in [2.05, 4.69) is 17.2 Å². The Labute approximate surface area is 175 Å². The van der Waals surface area contributed by atoms with Gasteiger partial charge in [0.25, 0.3) is 5.91 Å². The molecule has 3 rings (SSSR count). The molecule has 0 aliphatic carbocycles. The average Bonchev–Trinajstić information content (AvgIpc) is 2.75. The smallest absolute Gasteiger partial charge is 0.326 e. The molecule has 0 aliphatic heterocycles. The number of aliphatic carboxylic acids is 1. The Bertz CT molecular complexity index is 1140. The van der Waals surface area contributed by atoms with Gasteiger partial charge in [-0.05, 0) is 47.0 Å². The monoisotopic (exact) mass is 401 g/mol. The van der Waals surface area contributed by atoms with Gasteiger partial charge in [-0.25, -0.2) is 4.79 Å². The normalized spacial score (nSPS) is 11.5. The van der Waals surface area contributed by atoms with Gasteiger partial charge in [-0.15, -0.1) is 0 Å². The number of methoxy groups -OCH3 is 1. The van der Waals surface area contributed by atoms with Crippen molar-refractivity contribution in [3.63, 3.8) is 0 Å². The molecule has 0 saturated carbocycles. The molecule has 3 aromatic carbocycles. The van der Waals surface area contributed by atoms with Crippen molar-refractivity contribution in [1.29, 1.82) is 0 Å². The van der Waals surface area contributed by atoms with Crippen LogP contribution >= 0.6 is 0 Å². The molecule has 0 aromatic heterocycles. The molecule has 1 amide bonds. The van der Waals surface area contributed by atoms with Crippen LogP contribution in [-0.4, -0.2) is 30.1 Å². The molecule has 3 aromatic rings.